The molecule has 0 aliphatic heterocycles. The Morgan fingerprint density at radius 1 is 1.12 bits per heavy atom. The largest absolute Gasteiger partial charge is 0.493 e. The van der Waals surface area contributed by atoms with E-state index >= 15 is 0 Å². The third-order valence-electron chi connectivity index (χ3n) is 2.34. The molecule has 0 N–H and O–H groups in total. The van der Waals surface area contributed by atoms with Gasteiger partial charge >= 0.3 is 0 Å². The van der Waals surface area contributed by atoms with E-state index in [1.807, 2.05) is 12.1 Å². The molecule has 5 heteroatoms. The van der Waals surface area contributed by atoms with Gasteiger partial charge in [0, 0.05) is 24.8 Å². The van der Waals surface area contributed by atoms with Crippen LogP contribution in [0, 0.1) is 0 Å². The predicted molar refractivity (Wildman–Crippen MR) is 63.5 cm³/mol. The molecule has 1 aromatic carbocycles. The molecule has 2 rings (SSSR count). The lowest BCUT2D eigenvalue weighted by Gasteiger charge is -2.11. The van der Waals surface area contributed by atoms with Gasteiger partial charge in [-0.25, -0.2) is 9.97 Å². The van der Waals surface area contributed by atoms with Crippen LogP contribution in [0.1, 0.15) is 0 Å². The number of hydrogen-bond acceptors (Lipinski definition) is 5. The molecule has 0 atom stereocenters. The van der Waals surface area contributed by atoms with Crippen LogP contribution < -0.4 is 9.47 Å². The highest BCUT2D eigenvalue weighted by Gasteiger charge is 2.07. The molecule has 0 saturated carbocycles. The van der Waals surface area contributed by atoms with Crippen LogP contribution in [0.15, 0.2) is 24.7 Å². The Morgan fingerprint density at radius 2 is 2.00 bits per heavy atom. The summed E-state index contributed by atoms with van der Waals surface area (Å²) in [5.74, 6) is 1.33. The minimum absolute atomic E-state index is 0.476. The van der Waals surface area contributed by atoms with Crippen molar-refractivity contribution in [2.45, 2.75) is 0 Å². The smallest absolute Gasteiger partial charge is 0.163 e. The van der Waals surface area contributed by atoms with E-state index in [-0.39, 0.29) is 0 Å². The molecule has 1 aromatic heterocycles. The average Bonchev–Trinajstić information content (AvgIpc) is 2.38. The molecule has 17 heavy (non-hydrogen) atoms. The first-order valence-corrected chi connectivity index (χ1v) is 5.24. The lowest BCUT2D eigenvalue weighted by atomic mass is 10.2. The number of rotatable bonds is 5. The maximum Gasteiger partial charge on any atom is 0.163 e. The lowest BCUT2D eigenvalue weighted by Crippen LogP contribution is -2.05. The number of fused-ring (bicyclic) bond motifs is 1. The van der Waals surface area contributed by atoms with Gasteiger partial charge in [0.1, 0.15) is 12.9 Å². The van der Waals surface area contributed by atoms with E-state index in [4.69, 9.17) is 14.2 Å². The van der Waals surface area contributed by atoms with E-state index in [1.54, 1.807) is 20.4 Å². The van der Waals surface area contributed by atoms with Crippen molar-refractivity contribution in [2.75, 3.05) is 27.4 Å². The topological polar surface area (TPSA) is 53.5 Å². The van der Waals surface area contributed by atoms with Gasteiger partial charge in [-0.15, -0.1) is 0 Å². The normalized spacial score (nSPS) is 10.5. The van der Waals surface area contributed by atoms with Crippen molar-refractivity contribution in [1.82, 2.24) is 9.97 Å². The van der Waals surface area contributed by atoms with Crippen LogP contribution in [0.3, 0.4) is 0 Å². The Hall–Kier alpha value is -1.88. The van der Waals surface area contributed by atoms with E-state index in [1.165, 1.54) is 6.33 Å². The number of nitrogens with zero attached hydrogens (tertiary/aromatic N) is 2. The van der Waals surface area contributed by atoms with Gasteiger partial charge in [-0.05, 0) is 6.07 Å². The highest BCUT2D eigenvalue weighted by molar-refractivity contribution is 5.81. The van der Waals surface area contributed by atoms with Crippen LogP contribution >= 0.6 is 0 Å². The zero-order valence-electron chi connectivity index (χ0n) is 9.84. The number of methoxy groups -OCH3 is 2. The third kappa shape index (κ3) is 2.62. The minimum Gasteiger partial charge on any atom is -0.493 e. The number of ether oxygens (including phenoxy) is 3. The Kier molecular flexibility index (Phi) is 3.72. The number of benzene rings is 1. The van der Waals surface area contributed by atoms with Gasteiger partial charge in [-0.1, -0.05) is 0 Å². The molecule has 5 nitrogen and oxygen atoms in total. The van der Waals surface area contributed by atoms with Gasteiger partial charge in [0.15, 0.2) is 11.5 Å². The lowest BCUT2D eigenvalue weighted by molar-refractivity contribution is 0.144. The molecular formula is C12H14N2O3. The fraction of sp³-hybridized carbons (Fsp3) is 0.333. The Balaban J connectivity index is 2.32. The van der Waals surface area contributed by atoms with Crippen LogP contribution in [0.4, 0.5) is 0 Å². The molecule has 0 bridgehead atoms. The summed E-state index contributed by atoms with van der Waals surface area (Å²) in [6.45, 7) is 1.01. The number of aromatic nitrogens is 2. The third-order valence-corrected chi connectivity index (χ3v) is 2.34. The van der Waals surface area contributed by atoms with E-state index in [0.717, 1.165) is 10.9 Å². The van der Waals surface area contributed by atoms with Crippen molar-refractivity contribution >= 4 is 10.9 Å². The first-order chi connectivity index (χ1) is 8.35. The monoisotopic (exact) mass is 234 g/mol. The highest BCUT2D eigenvalue weighted by Crippen LogP contribution is 2.30. The average molecular weight is 234 g/mol. The molecule has 0 saturated heterocycles. The first kappa shape index (κ1) is 11.6. The molecule has 0 aliphatic rings. The molecule has 0 unspecified atom stereocenters. The maximum atomic E-state index is 5.57. The van der Waals surface area contributed by atoms with Crippen LogP contribution in [0.2, 0.25) is 0 Å². The standard InChI is InChI=1S/C12H14N2O3/c1-15-3-4-17-12-6-10-9(5-11(12)16-2)7-13-8-14-10/h5-8H,3-4H2,1-2H3. The summed E-state index contributed by atoms with van der Waals surface area (Å²) >= 11 is 0. The highest BCUT2D eigenvalue weighted by atomic mass is 16.5. The van der Waals surface area contributed by atoms with Gasteiger partial charge < -0.3 is 14.2 Å². The van der Waals surface area contributed by atoms with Crippen LogP contribution in [0.25, 0.3) is 10.9 Å². The minimum atomic E-state index is 0.476. The van der Waals surface area contributed by atoms with Crippen molar-refractivity contribution in [1.29, 1.82) is 0 Å². The summed E-state index contributed by atoms with van der Waals surface area (Å²) in [5, 5.41) is 0.920. The van der Waals surface area contributed by atoms with Gasteiger partial charge in [0.05, 0.1) is 19.2 Å². The van der Waals surface area contributed by atoms with Crippen molar-refractivity contribution in [2.24, 2.45) is 0 Å². The van der Waals surface area contributed by atoms with Crippen molar-refractivity contribution in [3.05, 3.63) is 24.7 Å². The molecule has 0 fully saturated rings. The summed E-state index contributed by atoms with van der Waals surface area (Å²) < 4.78 is 15.8. The van der Waals surface area contributed by atoms with E-state index in [2.05, 4.69) is 9.97 Å². The van der Waals surface area contributed by atoms with Gasteiger partial charge in [0.25, 0.3) is 0 Å². The second kappa shape index (κ2) is 5.45. The first-order valence-electron chi connectivity index (χ1n) is 5.24. The zero-order chi connectivity index (χ0) is 12.1. The van der Waals surface area contributed by atoms with E-state index in [9.17, 15) is 0 Å². The summed E-state index contributed by atoms with van der Waals surface area (Å²) in [5.41, 5.74) is 0.827. The second-order valence-corrected chi connectivity index (χ2v) is 3.43. The van der Waals surface area contributed by atoms with Crippen molar-refractivity contribution in [3.8, 4) is 11.5 Å². The molecule has 1 heterocycles. The van der Waals surface area contributed by atoms with Crippen molar-refractivity contribution in [3.63, 3.8) is 0 Å². The quantitative estimate of drug-likeness (QED) is 0.736. The van der Waals surface area contributed by atoms with Gasteiger partial charge in [0.2, 0.25) is 0 Å². The van der Waals surface area contributed by atoms with E-state index < -0.39 is 0 Å². The van der Waals surface area contributed by atoms with Crippen molar-refractivity contribution < 1.29 is 14.2 Å². The molecular weight excluding hydrogens is 220 g/mol. The fourth-order valence-electron chi connectivity index (χ4n) is 1.50. The van der Waals surface area contributed by atoms with Crippen LogP contribution in [0.5, 0.6) is 11.5 Å². The predicted octanol–water partition coefficient (Wildman–Crippen LogP) is 1.66. The number of hydrogen-bond donors (Lipinski definition) is 0. The fourth-order valence-corrected chi connectivity index (χ4v) is 1.50. The molecule has 0 aliphatic carbocycles. The zero-order valence-corrected chi connectivity index (χ0v) is 9.84. The maximum absolute atomic E-state index is 5.57. The summed E-state index contributed by atoms with van der Waals surface area (Å²) in [6.07, 6.45) is 3.25. The Labute approximate surface area is 99.4 Å². The Morgan fingerprint density at radius 3 is 2.76 bits per heavy atom. The Bertz CT molecular complexity index is 502. The summed E-state index contributed by atoms with van der Waals surface area (Å²) in [4.78, 5) is 8.13. The summed E-state index contributed by atoms with van der Waals surface area (Å²) in [6, 6.07) is 3.70. The van der Waals surface area contributed by atoms with Crippen LogP contribution in [-0.4, -0.2) is 37.4 Å². The van der Waals surface area contributed by atoms with Crippen LogP contribution in [-0.2, 0) is 4.74 Å². The molecule has 2 aromatic rings. The SMILES string of the molecule is COCCOc1cc2ncncc2cc1OC. The van der Waals surface area contributed by atoms with Gasteiger partial charge in [-0.2, -0.15) is 0 Å². The molecule has 0 amide bonds. The second-order valence-electron chi connectivity index (χ2n) is 3.43. The molecule has 90 valence electrons. The molecule has 0 radical (unpaired) electrons. The van der Waals surface area contributed by atoms with E-state index in [0.29, 0.717) is 24.7 Å². The molecule has 0 spiro atoms. The summed E-state index contributed by atoms with van der Waals surface area (Å²) in [7, 11) is 3.24. The van der Waals surface area contributed by atoms with Gasteiger partial charge in [-0.3, -0.25) is 0 Å².